The zero-order valence-electron chi connectivity index (χ0n) is 14.7. The number of carbonyl (C=O) groups is 2. The first-order chi connectivity index (χ1) is 14.0. The molecule has 1 fully saturated rings. The summed E-state index contributed by atoms with van der Waals surface area (Å²) >= 11 is 13.3. The van der Waals surface area contributed by atoms with Gasteiger partial charge in [-0.25, -0.2) is 4.90 Å². The summed E-state index contributed by atoms with van der Waals surface area (Å²) in [5.74, 6) is -0.977. The van der Waals surface area contributed by atoms with Crippen molar-refractivity contribution in [3.05, 3.63) is 69.2 Å². The second-order valence-corrected chi connectivity index (χ2v) is 7.89. The maximum atomic E-state index is 13.0. The molecule has 1 atom stereocenters. The molecule has 2 aromatic carbocycles. The number of carbonyl (C=O) groups excluding carboxylic acids is 2. The van der Waals surface area contributed by atoms with E-state index in [0.717, 1.165) is 16.7 Å². The topological polar surface area (TPSA) is 97.0 Å². The Kier molecular flexibility index (Phi) is 6.46. The largest absolute Gasteiger partial charge is 0.349 e. The Hall–Kier alpha value is -2.97. The molecule has 1 aliphatic rings. The molecule has 0 spiro atoms. The Morgan fingerprint density at radius 2 is 1.66 bits per heavy atom. The molecule has 2 amide bonds. The van der Waals surface area contributed by atoms with Gasteiger partial charge in [0, 0.05) is 12.1 Å². The molecule has 1 saturated heterocycles. The van der Waals surface area contributed by atoms with Gasteiger partial charge in [-0.2, -0.15) is 10.5 Å². The lowest BCUT2D eigenvalue weighted by Gasteiger charge is -2.18. The summed E-state index contributed by atoms with van der Waals surface area (Å²) < 4.78 is 0. The smallest absolute Gasteiger partial charge is 0.247 e. The lowest BCUT2D eigenvalue weighted by atomic mass is 10.3. The number of nitriles is 2. The molecule has 3 rings (SSSR count). The number of thioether (sulfide) groups is 1. The Morgan fingerprint density at radius 3 is 2.24 bits per heavy atom. The standard InChI is InChI=1S/C20H12Cl2N4O2S/c21-14-7-4-8-15(22)18(14)26-17(27)9-16(20(26)28)29-19(12(10-23)11-24)25-13-5-2-1-3-6-13/h1-8,16,25H,9H2/t16-/m1/s1. The van der Waals surface area contributed by atoms with Crippen LogP contribution >= 0.6 is 35.0 Å². The van der Waals surface area contributed by atoms with E-state index in [1.807, 2.05) is 18.2 Å². The number of hydrogen-bond acceptors (Lipinski definition) is 6. The monoisotopic (exact) mass is 442 g/mol. The Labute approximate surface area is 181 Å². The summed E-state index contributed by atoms with van der Waals surface area (Å²) in [6, 6.07) is 17.2. The Morgan fingerprint density at radius 1 is 1.03 bits per heavy atom. The molecule has 1 heterocycles. The summed E-state index contributed by atoms with van der Waals surface area (Å²) in [5, 5.41) is 21.3. The summed E-state index contributed by atoms with van der Waals surface area (Å²) in [4.78, 5) is 26.5. The number of nitrogens with zero attached hydrogens (tertiary/aromatic N) is 3. The highest BCUT2D eigenvalue weighted by Gasteiger charge is 2.42. The van der Waals surface area contributed by atoms with Crippen LogP contribution in [0.1, 0.15) is 6.42 Å². The SMILES string of the molecule is N#CC(C#N)=C(Nc1ccccc1)S[C@@H]1CC(=O)N(c2c(Cl)cccc2Cl)C1=O. The van der Waals surface area contributed by atoms with Crippen LogP contribution in [0.3, 0.4) is 0 Å². The van der Waals surface area contributed by atoms with Crippen LogP contribution in [0, 0.1) is 22.7 Å². The normalized spacial score (nSPS) is 15.6. The van der Waals surface area contributed by atoms with Gasteiger partial charge >= 0.3 is 0 Å². The van der Waals surface area contributed by atoms with Crippen LogP contribution in [0.4, 0.5) is 11.4 Å². The van der Waals surface area contributed by atoms with Gasteiger partial charge in [-0.15, -0.1) is 0 Å². The maximum absolute atomic E-state index is 13.0. The predicted octanol–water partition coefficient (Wildman–Crippen LogP) is 4.73. The van der Waals surface area contributed by atoms with Gasteiger partial charge < -0.3 is 5.32 Å². The first kappa shape index (κ1) is 20.8. The van der Waals surface area contributed by atoms with Crippen molar-refractivity contribution < 1.29 is 9.59 Å². The molecule has 0 radical (unpaired) electrons. The molecule has 144 valence electrons. The molecule has 2 aromatic rings. The van der Waals surface area contributed by atoms with Gasteiger partial charge in [-0.1, -0.05) is 59.2 Å². The quantitative estimate of drug-likeness (QED) is 0.530. The van der Waals surface area contributed by atoms with Gasteiger partial charge in [-0.05, 0) is 24.3 Å². The number of amides is 2. The van der Waals surface area contributed by atoms with Crippen molar-refractivity contribution in [2.45, 2.75) is 11.7 Å². The van der Waals surface area contributed by atoms with E-state index in [4.69, 9.17) is 23.2 Å². The average molecular weight is 443 g/mol. The highest BCUT2D eigenvalue weighted by molar-refractivity contribution is 8.04. The second kappa shape index (κ2) is 9.02. The lowest BCUT2D eigenvalue weighted by Crippen LogP contribution is -2.31. The number of rotatable bonds is 5. The maximum Gasteiger partial charge on any atom is 0.247 e. The van der Waals surface area contributed by atoms with Crippen molar-refractivity contribution in [3.63, 3.8) is 0 Å². The van der Waals surface area contributed by atoms with Crippen molar-refractivity contribution >= 4 is 58.2 Å². The number of para-hydroxylation sites is 2. The predicted molar refractivity (Wildman–Crippen MR) is 113 cm³/mol. The van der Waals surface area contributed by atoms with Crippen LogP contribution in [0.2, 0.25) is 10.0 Å². The molecular formula is C20H12Cl2N4O2S. The minimum absolute atomic E-state index is 0.116. The van der Waals surface area contributed by atoms with E-state index in [1.54, 1.807) is 30.3 Å². The fourth-order valence-electron chi connectivity index (χ4n) is 2.71. The lowest BCUT2D eigenvalue weighted by molar-refractivity contribution is -0.121. The summed E-state index contributed by atoms with van der Waals surface area (Å²) in [6.07, 6.45) is -0.116. The Bertz CT molecular complexity index is 1050. The van der Waals surface area contributed by atoms with Gasteiger partial charge in [0.25, 0.3) is 0 Å². The van der Waals surface area contributed by atoms with E-state index in [9.17, 15) is 20.1 Å². The molecule has 9 heteroatoms. The molecular weight excluding hydrogens is 431 g/mol. The van der Waals surface area contributed by atoms with Crippen LogP contribution in [-0.4, -0.2) is 17.1 Å². The average Bonchev–Trinajstić information content (AvgIpc) is 2.97. The number of anilines is 2. The highest BCUT2D eigenvalue weighted by Crippen LogP contribution is 2.40. The number of nitrogens with one attached hydrogen (secondary N) is 1. The second-order valence-electron chi connectivity index (χ2n) is 5.87. The van der Waals surface area contributed by atoms with E-state index >= 15 is 0 Å². The third-order valence-corrected chi connectivity index (χ3v) is 5.81. The van der Waals surface area contributed by atoms with Gasteiger partial charge in [0.15, 0.2) is 5.57 Å². The molecule has 1 aliphatic heterocycles. The molecule has 0 aliphatic carbocycles. The number of benzene rings is 2. The summed E-state index contributed by atoms with van der Waals surface area (Å²) in [7, 11) is 0. The van der Waals surface area contributed by atoms with E-state index in [-0.39, 0.29) is 32.8 Å². The molecule has 0 unspecified atom stereocenters. The van der Waals surface area contributed by atoms with Crippen LogP contribution in [0.25, 0.3) is 0 Å². The van der Waals surface area contributed by atoms with Gasteiger partial charge in [0.05, 0.1) is 21.0 Å². The minimum atomic E-state index is -0.835. The number of hydrogen-bond donors (Lipinski definition) is 1. The molecule has 1 N–H and O–H groups in total. The van der Waals surface area contributed by atoms with Crippen molar-refractivity contribution in [1.82, 2.24) is 0 Å². The molecule has 0 saturated carbocycles. The Balaban J connectivity index is 1.91. The van der Waals surface area contributed by atoms with E-state index in [1.165, 1.54) is 12.1 Å². The molecule has 6 nitrogen and oxygen atoms in total. The van der Waals surface area contributed by atoms with Crippen molar-refractivity contribution in [2.24, 2.45) is 0 Å². The first-order valence-electron chi connectivity index (χ1n) is 8.30. The number of allylic oxidation sites excluding steroid dienone is 1. The van der Waals surface area contributed by atoms with Gasteiger partial charge in [0.1, 0.15) is 17.2 Å². The van der Waals surface area contributed by atoms with Crippen LogP contribution < -0.4 is 10.2 Å². The third-order valence-electron chi connectivity index (χ3n) is 4.01. The zero-order chi connectivity index (χ0) is 21.0. The molecule has 0 aromatic heterocycles. The third kappa shape index (κ3) is 4.38. The number of halogens is 2. The summed E-state index contributed by atoms with van der Waals surface area (Å²) in [5.41, 5.74) is 0.588. The van der Waals surface area contributed by atoms with Crippen molar-refractivity contribution in [3.8, 4) is 12.1 Å². The fraction of sp³-hybridized carbons (Fsp3) is 0.100. The minimum Gasteiger partial charge on any atom is -0.349 e. The number of imide groups is 1. The van der Waals surface area contributed by atoms with Crippen LogP contribution in [0.5, 0.6) is 0 Å². The van der Waals surface area contributed by atoms with Crippen LogP contribution in [0.15, 0.2) is 59.1 Å². The van der Waals surface area contributed by atoms with Gasteiger partial charge in [-0.3, -0.25) is 9.59 Å². The van der Waals surface area contributed by atoms with Gasteiger partial charge in [0.2, 0.25) is 11.8 Å². The molecule has 29 heavy (non-hydrogen) atoms. The zero-order valence-corrected chi connectivity index (χ0v) is 17.1. The summed E-state index contributed by atoms with van der Waals surface area (Å²) in [6.45, 7) is 0. The molecule has 0 bridgehead atoms. The van der Waals surface area contributed by atoms with Crippen molar-refractivity contribution in [1.29, 1.82) is 10.5 Å². The van der Waals surface area contributed by atoms with E-state index in [0.29, 0.717) is 5.69 Å². The first-order valence-corrected chi connectivity index (χ1v) is 9.93. The fourth-order valence-corrected chi connectivity index (χ4v) is 4.38. The highest BCUT2D eigenvalue weighted by atomic mass is 35.5. The van der Waals surface area contributed by atoms with Crippen molar-refractivity contribution in [2.75, 3.05) is 10.2 Å². The van der Waals surface area contributed by atoms with E-state index < -0.39 is 17.1 Å². The van der Waals surface area contributed by atoms with Crippen LogP contribution in [-0.2, 0) is 9.59 Å². The van der Waals surface area contributed by atoms with E-state index in [2.05, 4.69) is 5.32 Å².